The lowest BCUT2D eigenvalue weighted by molar-refractivity contribution is -0.148. The number of aromatic nitrogens is 1. The van der Waals surface area contributed by atoms with Crippen LogP contribution in [0.25, 0.3) is 0 Å². The first kappa shape index (κ1) is 12.9. The van der Waals surface area contributed by atoms with Crippen LogP contribution in [-0.4, -0.2) is 35.9 Å². The minimum atomic E-state index is -0.496. The molecule has 6 heteroatoms. The van der Waals surface area contributed by atoms with E-state index < -0.39 is 5.54 Å². The van der Waals surface area contributed by atoms with Crippen molar-refractivity contribution in [1.29, 1.82) is 0 Å². The second-order valence-electron chi connectivity index (χ2n) is 4.10. The lowest BCUT2D eigenvalue weighted by Crippen LogP contribution is -2.49. The molecular formula is C11H16N2O2S2. The molecule has 1 aromatic rings. The van der Waals surface area contributed by atoms with Gasteiger partial charge in [-0.25, -0.2) is 4.98 Å². The van der Waals surface area contributed by atoms with Gasteiger partial charge in [-0.15, -0.1) is 11.3 Å². The van der Waals surface area contributed by atoms with Gasteiger partial charge in [-0.1, -0.05) is 11.8 Å². The van der Waals surface area contributed by atoms with Gasteiger partial charge in [-0.05, 0) is 26.3 Å². The molecule has 0 bridgehead atoms. The number of hydrogen-bond donors (Lipinski definition) is 1. The summed E-state index contributed by atoms with van der Waals surface area (Å²) in [5.41, 5.74) is -0.496. The largest absolute Gasteiger partial charge is 0.468 e. The van der Waals surface area contributed by atoms with Gasteiger partial charge in [0, 0.05) is 16.8 Å². The topological polar surface area (TPSA) is 51.2 Å². The van der Waals surface area contributed by atoms with Gasteiger partial charge >= 0.3 is 5.97 Å². The van der Waals surface area contributed by atoms with Crippen LogP contribution in [0.3, 0.4) is 0 Å². The third-order valence-corrected chi connectivity index (χ3v) is 5.39. The van der Waals surface area contributed by atoms with Gasteiger partial charge in [0.05, 0.1) is 7.11 Å². The highest BCUT2D eigenvalue weighted by atomic mass is 32.2. The zero-order valence-electron chi connectivity index (χ0n) is 9.93. The average Bonchev–Trinajstić information content (AvgIpc) is 2.99. The van der Waals surface area contributed by atoms with E-state index in [0.29, 0.717) is 5.25 Å². The molecule has 0 spiro atoms. The van der Waals surface area contributed by atoms with E-state index in [0.717, 1.165) is 23.6 Å². The van der Waals surface area contributed by atoms with E-state index in [1.807, 2.05) is 18.6 Å². The summed E-state index contributed by atoms with van der Waals surface area (Å²) in [5.74, 6) is -0.151. The molecule has 0 saturated heterocycles. The fraction of sp³-hybridized carbons (Fsp3) is 0.636. The molecule has 2 rings (SSSR count). The van der Waals surface area contributed by atoms with Gasteiger partial charge < -0.3 is 10.1 Å². The van der Waals surface area contributed by atoms with Crippen LogP contribution in [0, 0.1) is 0 Å². The first-order valence-electron chi connectivity index (χ1n) is 5.53. The van der Waals surface area contributed by atoms with Crippen LogP contribution < -0.4 is 5.32 Å². The molecule has 94 valence electrons. The Balaban J connectivity index is 2.00. The maximum absolute atomic E-state index is 11.8. The number of methoxy groups -OCH3 is 1. The standard InChI is InChI=1S/C11H16N2O2S2/c1-12-11(9(14)15-2)4-3-8(7-11)17-10-13-5-6-16-10/h5-6,8,12H,3-4,7H2,1-2H3. The minimum Gasteiger partial charge on any atom is -0.468 e. The highest BCUT2D eigenvalue weighted by Crippen LogP contribution is 2.41. The van der Waals surface area contributed by atoms with Crippen LogP contribution in [0.15, 0.2) is 15.9 Å². The Labute approximate surface area is 109 Å². The maximum Gasteiger partial charge on any atom is 0.326 e. The number of likely N-dealkylation sites (N-methyl/N-ethyl adjacent to an activating group) is 1. The van der Waals surface area contributed by atoms with E-state index in [9.17, 15) is 4.79 Å². The Hall–Kier alpha value is -0.590. The SMILES string of the molecule is CNC1(C(=O)OC)CCC(Sc2nccs2)C1. The highest BCUT2D eigenvalue weighted by Gasteiger charge is 2.45. The molecule has 2 atom stereocenters. The Kier molecular flexibility index (Phi) is 4.06. The molecule has 1 heterocycles. The van der Waals surface area contributed by atoms with Crippen molar-refractivity contribution in [1.82, 2.24) is 10.3 Å². The first-order valence-corrected chi connectivity index (χ1v) is 7.29. The monoisotopic (exact) mass is 272 g/mol. The number of nitrogens with one attached hydrogen (secondary N) is 1. The molecule has 17 heavy (non-hydrogen) atoms. The summed E-state index contributed by atoms with van der Waals surface area (Å²) in [5, 5.41) is 5.55. The maximum atomic E-state index is 11.8. The molecule has 1 saturated carbocycles. The second-order valence-corrected chi connectivity index (χ2v) is 6.55. The van der Waals surface area contributed by atoms with Crippen molar-refractivity contribution >= 4 is 29.1 Å². The second kappa shape index (κ2) is 5.37. The molecular weight excluding hydrogens is 256 g/mol. The summed E-state index contributed by atoms with van der Waals surface area (Å²) >= 11 is 3.41. The van der Waals surface area contributed by atoms with E-state index in [1.165, 1.54) is 7.11 Å². The van der Waals surface area contributed by atoms with Gasteiger partial charge in [0.1, 0.15) is 9.88 Å². The molecule has 1 aliphatic rings. The number of ether oxygens (including phenoxy) is 1. The fourth-order valence-electron chi connectivity index (χ4n) is 2.22. The zero-order valence-corrected chi connectivity index (χ0v) is 11.6. The summed E-state index contributed by atoms with van der Waals surface area (Å²) in [6, 6.07) is 0. The van der Waals surface area contributed by atoms with Crippen LogP contribution in [-0.2, 0) is 9.53 Å². The predicted octanol–water partition coefficient (Wildman–Crippen LogP) is 1.92. The van der Waals surface area contributed by atoms with Crippen molar-refractivity contribution in [2.75, 3.05) is 14.2 Å². The summed E-state index contributed by atoms with van der Waals surface area (Å²) in [6.07, 6.45) is 4.47. The van der Waals surface area contributed by atoms with Crippen LogP contribution in [0.4, 0.5) is 0 Å². The van der Waals surface area contributed by atoms with Gasteiger partial charge in [0.2, 0.25) is 0 Å². The number of nitrogens with zero attached hydrogens (tertiary/aromatic N) is 1. The average molecular weight is 272 g/mol. The summed E-state index contributed by atoms with van der Waals surface area (Å²) < 4.78 is 5.96. The lowest BCUT2D eigenvalue weighted by Gasteiger charge is -2.25. The number of thioether (sulfide) groups is 1. The quantitative estimate of drug-likeness (QED) is 0.849. The molecule has 1 aromatic heterocycles. The number of thiazole rings is 1. The molecule has 1 N–H and O–H groups in total. The Morgan fingerprint density at radius 2 is 2.59 bits per heavy atom. The molecule has 4 nitrogen and oxygen atoms in total. The van der Waals surface area contributed by atoms with Crippen molar-refractivity contribution in [2.45, 2.75) is 34.4 Å². The van der Waals surface area contributed by atoms with Gasteiger partial charge in [-0.2, -0.15) is 0 Å². The van der Waals surface area contributed by atoms with Crippen LogP contribution >= 0.6 is 23.1 Å². The van der Waals surface area contributed by atoms with E-state index in [1.54, 1.807) is 23.1 Å². The van der Waals surface area contributed by atoms with E-state index in [-0.39, 0.29) is 5.97 Å². The van der Waals surface area contributed by atoms with Gasteiger partial charge in [0.15, 0.2) is 0 Å². The summed E-state index contributed by atoms with van der Waals surface area (Å²) in [4.78, 5) is 16.1. The number of carbonyl (C=O) groups is 1. The van der Waals surface area contributed by atoms with Gasteiger partial charge in [-0.3, -0.25) is 4.79 Å². The van der Waals surface area contributed by atoms with Gasteiger partial charge in [0.25, 0.3) is 0 Å². The molecule has 0 aromatic carbocycles. The van der Waals surface area contributed by atoms with Crippen molar-refractivity contribution in [3.8, 4) is 0 Å². The Bertz CT molecular complexity index is 383. The smallest absolute Gasteiger partial charge is 0.326 e. The fourth-order valence-corrected chi connectivity index (χ4v) is 4.39. The molecule has 0 radical (unpaired) electrons. The molecule has 0 aliphatic heterocycles. The third-order valence-electron chi connectivity index (χ3n) is 3.20. The molecule has 0 amide bonds. The number of esters is 1. The minimum absolute atomic E-state index is 0.151. The van der Waals surface area contributed by atoms with Crippen LogP contribution in [0.5, 0.6) is 0 Å². The van der Waals surface area contributed by atoms with Crippen LogP contribution in [0.2, 0.25) is 0 Å². The highest BCUT2D eigenvalue weighted by molar-refractivity contribution is 8.01. The number of hydrogen-bond acceptors (Lipinski definition) is 6. The third kappa shape index (κ3) is 2.64. The molecule has 2 unspecified atom stereocenters. The van der Waals surface area contributed by atoms with Crippen molar-refractivity contribution < 1.29 is 9.53 Å². The Morgan fingerprint density at radius 3 is 3.18 bits per heavy atom. The molecule has 1 aliphatic carbocycles. The van der Waals surface area contributed by atoms with E-state index >= 15 is 0 Å². The summed E-state index contributed by atoms with van der Waals surface area (Å²) in [6.45, 7) is 0. The number of rotatable bonds is 4. The zero-order chi connectivity index (χ0) is 12.3. The summed E-state index contributed by atoms with van der Waals surface area (Å²) in [7, 11) is 3.27. The van der Waals surface area contributed by atoms with Crippen LogP contribution in [0.1, 0.15) is 19.3 Å². The predicted molar refractivity (Wildman–Crippen MR) is 69.4 cm³/mol. The first-order chi connectivity index (χ1) is 8.20. The normalized spacial score (nSPS) is 28.2. The number of carbonyl (C=O) groups excluding carboxylic acids is 1. The van der Waals surface area contributed by atoms with Crippen molar-refractivity contribution in [3.05, 3.63) is 11.6 Å². The molecule has 1 fully saturated rings. The van der Waals surface area contributed by atoms with E-state index in [4.69, 9.17) is 4.74 Å². The lowest BCUT2D eigenvalue weighted by atomic mass is 9.98. The van der Waals surface area contributed by atoms with Crippen molar-refractivity contribution in [3.63, 3.8) is 0 Å². The van der Waals surface area contributed by atoms with Crippen molar-refractivity contribution in [2.24, 2.45) is 0 Å². The Morgan fingerprint density at radius 1 is 1.76 bits per heavy atom. The van der Waals surface area contributed by atoms with E-state index in [2.05, 4.69) is 10.3 Å².